The highest BCUT2D eigenvalue weighted by molar-refractivity contribution is 5.88. The molecule has 2 saturated heterocycles. The van der Waals surface area contributed by atoms with Gasteiger partial charge in [0.2, 0.25) is 5.91 Å². The number of amides is 1. The van der Waals surface area contributed by atoms with Gasteiger partial charge in [-0.05, 0) is 30.5 Å². The first kappa shape index (κ1) is 13.8. The molecule has 0 radical (unpaired) electrons. The van der Waals surface area contributed by atoms with E-state index >= 15 is 0 Å². The van der Waals surface area contributed by atoms with E-state index in [2.05, 4.69) is 10.9 Å². The van der Waals surface area contributed by atoms with Crippen LogP contribution in [0, 0.1) is 0 Å². The number of aliphatic carboxylic acids is 1. The fourth-order valence-electron chi connectivity index (χ4n) is 2.75. The quantitative estimate of drug-likeness (QED) is 0.624. The molecule has 1 amide bonds. The van der Waals surface area contributed by atoms with Crippen molar-refractivity contribution in [2.75, 3.05) is 6.54 Å². The molecule has 7 nitrogen and oxygen atoms in total. The number of aromatic hydroxyl groups is 1. The summed E-state index contributed by atoms with van der Waals surface area (Å²) in [5.41, 5.74) is 6.94. The van der Waals surface area contributed by atoms with Crippen LogP contribution in [-0.4, -0.2) is 45.6 Å². The van der Waals surface area contributed by atoms with E-state index in [1.54, 1.807) is 24.3 Å². The third-order valence-electron chi connectivity index (χ3n) is 4.08. The summed E-state index contributed by atoms with van der Waals surface area (Å²) < 4.78 is 0. The number of hydrazine groups is 1. The summed E-state index contributed by atoms with van der Waals surface area (Å²) in [6.07, 6.45) is 1.06. The molecule has 0 spiro atoms. The van der Waals surface area contributed by atoms with Crippen molar-refractivity contribution in [3.05, 3.63) is 29.8 Å². The second-order valence-electron chi connectivity index (χ2n) is 5.40. The molecule has 2 heterocycles. The van der Waals surface area contributed by atoms with Crippen LogP contribution in [0.5, 0.6) is 5.75 Å². The Morgan fingerprint density at radius 1 is 1.19 bits per heavy atom. The van der Waals surface area contributed by atoms with E-state index in [9.17, 15) is 14.7 Å². The first-order valence-electron chi connectivity index (χ1n) is 6.89. The second kappa shape index (κ2) is 5.34. The largest absolute Gasteiger partial charge is 0.508 e. The number of phenolic OH excluding ortho intramolecular Hbond substituents is 1. The van der Waals surface area contributed by atoms with Gasteiger partial charge in [0.1, 0.15) is 17.8 Å². The number of hydrogen-bond acceptors (Lipinski definition) is 5. The number of carboxylic acid groups (broad SMARTS) is 1. The number of nitrogens with one attached hydrogen (secondary N) is 2. The Morgan fingerprint density at radius 3 is 2.48 bits per heavy atom. The van der Waals surface area contributed by atoms with E-state index < -0.39 is 18.1 Å². The van der Waals surface area contributed by atoms with Crippen LogP contribution in [0.2, 0.25) is 0 Å². The van der Waals surface area contributed by atoms with Crippen molar-refractivity contribution in [3.63, 3.8) is 0 Å². The van der Waals surface area contributed by atoms with Gasteiger partial charge in [0.15, 0.2) is 0 Å². The van der Waals surface area contributed by atoms with Gasteiger partial charge in [0.05, 0.1) is 0 Å². The smallest absolute Gasteiger partial charge is 0.326 e. The highest BCUT2D eigenvalue weighted by atomic mass is 16.4. The van der Waals surface area contributed by atoms with Gasteiger partial charge in [-0.2, -0.15) is 0 Å². The number of phenols is 1. The summed E-state index contributed by atoms with van der Waals surface area (Å²) in [5.74, 6) is -0.930. The van der Waals surface area contributed by atoms with Gasteiger partial charge in [-0.1, -0.05) is 12.1 Å². The maximum Gasteiger partial charge on any atom is 0.326 e. The Morgan fingerprint density at radius 2 is 1.90 bits per heavy atom. The second-order valence-corrected chi connectivity index (χ2v) is 5.40. The molecule has 112 valence electrons. The standard InChI is InChI=1S/C14H17N3O4/c18-9-3-1-8(2-4-9)10-7-11(16-15-10)13(19)17-6-5-12(17)14(20)21/h1-4,10-12,15-16,18H,5-7H2,(H,20,21). The van der Waals surface area contributed by atoms with Crippen molar-refractivity contribution in [3.8, 4) is 5.75 Å². The Hall–Kier alpha value is -2.12. The maximum absolute atomic E-state index is 12.3. The van der Waals surface area contributed by atoms with E-state index in [0.717, 1.165) is 5.56 Å². The lowest BCUT2D eigenvalue weighted by atomic mass is 9.98. The van der Waals surface area contributed by atoms with Crippen LogP contribution < -0.4 is 10.9 Å². The molecule has 1 aromatic carbocycles. The molecule has 2 aliphatic rings. The van der Waals surface area contributed by atoms with Gasteiger partial charge in [-0.25, -0.2) is 15.6 Å². The number of nitrogens with zero attached hydrogens (tertiary/aromatic N) is 1. The molecule has 2 fully saturated rings. The summed E-state index contributed by atoms with van der Waals surface area (Å²) in [6.45, 7) is 0.498. The van der Waals surface area contributed by atoms with Crippen molar-refractivity contribution in [2.45, 2.75) is 31.0 Å². The lowest BCUT2D eigenvalue weighted by molar-refractivity contribution is -0.158. The van der Waals surface area contributed by atoms with E-state index in [4.69, 9.17) is 5.11 Å². The highest BCUT2D eigenvalue weighted by Crippen LogP contribution is 2.27. The van der Waals surface area contributed by atoms with E-state index in [0.29, 0.717) is 19.4 Å². The van der Waals surface area contributed by atoms with Crippen LogP contribution in [0.1, 0.15) is 24.4 Å². The van der Waals surface area contributed by atoms with Crippen molar-refractivity contribution in [2.24, 2.45) is 0 Å². The van der Waals surface area contributed by atoms with Crippen LogP contribution in [0.4, 0.5) is 0 Å². The molecule has 0 saturated carbocycles. The normalized spacial score (nSPS) is 28.2. The molecule has 3 rings (SSSR count). The number of likely N-dealkylation sites (tertiary alicyclic amines) is 1. The molecular weight excluding hydrogens is 274 g/mol. The third kappa shape index (κ3) is 2.57. The summed E-state index contributed by atoms with van der Waals surface area (Å²) in [7, 11) is 0. The molecule has 3 atom stereocenters. The molecule has 1 aromatic rings. The minimum absolute atomic E-state index is 0.0379. The lowest BCUT2D eigenvalue weighted by Gasteiger charge is -2.39. The van der Waals surface area contributed by atoms with Crippen molar-refractivity contribution >= 4 is 11.9 Å². The molecular formula is C14H17N3O4. The Kier molecular flexibility index (Phi) is 3.52. The molecule has 0 bridgehead atoms. The number of carboxylic acids is 1. The van der Waals surface area contributed by atoms with Crippen molar-refractivity contribution in [1.82, 2.24) is 15.8 Å². The van der Waals surface area contributed by atoms with Crippen LogP contribution in [0.3, 0.4) is 0 Å². The van der Waals surface area contributed by atoms with Gasteiger partial charge in [-0.15, -0.1) is 0 Å². The zero-order valence-electron chi connectivity index (χ0n) is 11.3. The molecule has 21 heavy (non-hydrogen) atoms. The topological polar surface area (TPSA) is 102 Å². The monoisotopic (exact) mass is 291 g/mol. The van der Waals surface area contributed by atoms with Gasteiger partial charge in [-0.3, -0.25) is 4.79 Å². The predicted octanol–water partition coefficient (Wildman–Crippen LogP) is -0.0147. The van der Waals surface area contributed by atoms with Gasteiger partial charge in [0, 0.05) is 12.6 Å². The van der Waals surface area contributed by atoms with Crippen molar-refractivity contribution < 1.29 is 19.8 Å². The SMILES string of the molecule is O=C(O)C1CCN1C(=O)C1CC(c2ccc(O)cc2)NN1. The minimum atomic E-state index is -0.948. The predicted molar refractivity (Wildman–Crippen MR) is 73.3 cm³/mol. The molecule has 2 aliphatic heterocycles. The maximum atomic E-state index is 12.3. The van der Waals surface area contributed by atoms with Crippen molar-refractivity contribution in [1.29, 1.82) is 0 Å². The van der Waals surface area contributed by atoms with Gasteiger partial charge in [0.25, 0.3) is 0 Å². The van der Waals surface area contributed by atoms with Gasteiger partial charge < -0.3 is 15.1 Å². The number of hydrogen-bond donors (Lipinski definition) is 4. The minimum Gasteiger partial charge on any atom is -0.508 e. The fraction of sp³-hybridized carbons (Fsp3) is 0.429. The lowest BCUT2D eigenvalue weighted by Crippen LogP contribution is -2.59. The average Bonchev–Trinajstić information content (AvgIpc) is 2.87. The van der Waals surface area contributed by atoms with E-state index in [1.165, 1.54) is 4.90 Å². The van der Waals surface area contributed by atoms with Crippen LogP contribution in [0.15, 0.2) is 24.3 Å². The number of rotatable bonds is 3. The number of carbonyl (C=O) groups is 2. The average molecular weight is 291 g/mol. The van der Waals surface area contributed by atoms with Crippen LogP contribution in [-0.2, 0) is 9.59 Å². The van der Waals surface area contributed by atoms with Gasteiger partial charge >= 0.3 is 5.97 Å². The summed E-state index contributed by atoms with van der Waals surface area (Å²) in [4.78, 5) is 24.7. The zero-order valence-corrected chi connectivity index (χ0v) is 11.3. The zero-order chi connectivity index (χ0) is 15.0. The van der Waals surface area contributed by atoms with E-state index in [-0.39, 0.29) is 17.7 Å². The van der Waals surface area contributed by atoms with E-state index in [1.807, 2.05) is 0 Å². The molecule has 0 aliphatic carbocycles. The van der Waals surface area contributed by atoms with Crippen LogP contribution in [0.25, 0.3) is 0 Å². The Bertz CT molecular complexity index is 560. The van der Waals surface area contributed by atoms with Crippen LogP contribution >= 0.6 is 0 Å². The molecule has 3 unspecified atom stereocenters. The molecule has 0 aromatic heterocycles. The summed E-state index contributed by atoms with van der Waals surface area (Å²) in [5, 5.41) is 18.3. The Labute approximate surface area is 121 Å². The Balaban J connectivity index is 1.63. The molecule has 7 heteroatoms. The summed E-state index contributed by atoms with van der Waals surface area (Å²) >= 11 is 0. The first-order valence-corrected chi connectivity index (χ1v) is 6.89. The summed E-state index contributed by atoms with van der Waals surface area (Å²) in [6, 6.07) is 5.64. The highest BCUT2D eigenvalue weighted by Gasteiger charge is 2.42. The molecule has 4 N–H and O–H groups in total. The third-order valence-corrected chi connectivity index (χ3v) is 4.08. The number of benzene rings is 1. The first-order chi connectivity index (χ1) is 10.1. The fourth-order valence-corrected chi connectivity index (χ4v) is 2.75. The number of carbonyl (C=O) groups excluding carboxylic acids is 1.